The maximum absolute atomic E-state index is 10.9. The molecule has 0 atom stereocenters. The number of aromatic nitrogens is 3. The van der Waals surface area contributed by atoms with E-state index in [2.05, 4.69) is 89.0 Å². The Labute approximate surface area is 241 Å². The summed E-state index contributed by atoms with van der Waals surface area (Å²) in [5, 5.41) is 25.1. The Balaban J connectivity index is 2.04. The van der Waals surface area contributed by atoms with Crippen molar-refractivity contribution in [2.24, 2.45) is 0 Å². The summed E-state index contributed by atoms with van der Waals surface area (Å²) in [5.74, 6) is 1.22. The molecule has 224 valence electrons. The molecule has 0 unspecified atom stereocenters. The molecule has 2 saturated heterocycles. The van der Waals surface area contributed by atoms with E-state index in [0.717, 1.165) is 64.5 Å². The summed E-state index contributed by atoms with van der Waals surface area (Å²) in [6.07, 6.45) is 7.27. The van der Waals surface area contributed by atoms with Gasteiger partial charge >= 0.3 is 0 Å². The van der Waals surface area contributed by atoms with Gasteiger partial charge in [0.05, 0.1) is 0 Å². The molecule has 9 nitrogen and oxygen atoms in total. The van der Waals surface area contributed by atoms with Crippen LogP contribution in [0.15, 0.2) is 0 Å². The Morgan fingerprint density at radius 1 is 0.667 bits per heavy atom. The number of rotatable bonds is 10. The standard InChI is InChI=1S/C29H54ClN7O2/c1-11-13-15-34(21-17-26(3,4)36(38)27(5,6)18-21)24-31-23(30)32-25(33-24)35(16-14-12-2)22-19-28(7,8)37(39)29(9,10)20-22/h21-22,38-39H,11-20H2,1-10H3. The van der Waals surface area contributed by atoms with Crippen LogP contribution in [-0.4, -0.2) is 82.8 Å². The van der Waals surface area contributed by atoms with Crippen LogP contribution in [0.25, 0.3) is 0 Å². The van der Waals surface area contributed by atoms with Gasteiger partial charge < -0.3 is 20.2 Å². The first kappa shape index (κ1) is 32.3. The van der Waals surface area contributed by atoms with Crippen molar-refractivity contribution in [3.05, 3.63) is 5.28 Å². The molecular formula is C29H54ClN7O2. The number of unbranched alkanes of at least 4 members (excludes halogenated alkanes) is 2. The number of hydrogen-bond donors (Lipinski definition) is 2. The first-order valence-corrected chi connectivity index (χ1v) is 15.3. The Bertz CT molecular complexity index is 863. The van der Waals surface area contributed by atoms with Crippen LogP contribution in [0.4, 0.5) is 11.9 Å². The molecular weight excluding hydrogens is 514 g/mol. The van der Waals surface area contributed by atoms with Gasteiger partial charge in [-0.1, -0.05) is 26.7 Å². The Hall–Kier alpha value is -1.26. The minimum absolute atomic E-state index is 0.149. The van der Waals surface area contributed by atoms with E-state index in [1.165, 1.54) is 10.1 Å². The molecule has 3 heterocycles. The van der Waals surface area contributed by atoms with Crippen LogP contribution < -0.4 is 9.80 Å². The van der Waals surface area contributed by atoms with Gasteiger partial charge in [-0.2, -0.15) is 25.1 Å². The quantitative estimate of drug-likeness (QED) is 0.326. The highest BCUT2D eigenvalue weighted by Crippen LogP contribution is 2.41. The highest BCUT2D eigenvalue weighted by Gasteiger charge is 2.48. The molecule has 0 aliphatic carbocycles. The first-order chi connectivity index (χ1) is 17.9. The van der Waals surface area contributed by atoms with E-state index in [1.807, 2.05) is 0 Å². The summed E-state index contributed by atoms with van der Waals surface area (Å²) in [6, 6.07) is 0.298. The van der Waals surface area contributed by atoms with Crippen LogP contribution in [-0.2, 0) is 0 Å². The van der Waals surface area contributed by atoms with Crippen molar-refractivity contribution in [2.45, 2.75) is 155 Å². The van der Waals surface area contributed by atoms with Crippen molar-refractivity contribution >= 4 is 23.5 Å². The second-order valence-corrected chi connectivity index (χ2v) is 14.6. The molecule has 0 spiro atoms. The van der Waals surface area contributed by atoms with Crippen molar-refractivity contribution in [1.82, 2.24) is 25.1 Å². The highest BCUT2D eigenvalue weighted by atomic mass is 35.5. The molecule has 0 saturated carbocycles. The van der Waals surface area contributed by atoms with Gasteiger partial charge in [-0.05, 0) is 106 Å². The zero-order valence-corrected chi connectivity index (χ0v) is 26.9. The molecule has 39 heavy (non-hydrogen) atoms. The van der Waals surface area contributed by atoms with Gasteiger partial charge in [0, 0.05) is 47.3 Å². The maximum Gasteiger partial charge on any atom is 0.231 e. The van der Waals surface area contributed by atoms with Gasteiger partial charge in [0.15, 0.2) is 0 Å². The third kappa shape index (κ3) is 7.15. The molecule has 0 amide bonds. The summed E-state index contributed by atoms with van der Waals surface area (Å²) >= 11 is 6.64. The molecule has 2 fully saturated rings. The molecule has 3 rings (SSSR count). The number of nitrogens with zero attached hydrogens (tertiary/aromatic N) is 7. The minimum atomic E-state index is -0.390. The van der Waals surface area contributed by atoms with Crippen LogP contribution >= 0.6 is 11.6 Å². The smallest absolute Gasteiger partial charge is 0.231 e. The molecule has 2 aliphatic rings. The van der Waals surface area contributed by atoms with Gasteiger partial charge in [0.25, 0.3) is 0 Å². The van der Waals surface area contributed by atoms with Gasteiger partial charge in [0.2, 0.25) is 17.2 Å². The summed E-state index contributed by atoms with van der Waals surface area (Å²) in [6.45, 7) is 22.7. The third-order valence-electron chi connectivity index (χ3n) is 8.72. The van der Waals surface area contributed by atoms with Crippen molar-refractivity contribution in [2.75, 3.05) is 22.9 Å². The number of hydrogen-bond acceptors (Lipinski definition) is 9. The lowest BCUT2D eigenvalue weighted by Crippen LogP contribution is -2.63. The predicted octanol–water partition coefficient (Wildman–Crippen LogP) is 6.56. The van der Waals surface area contributed by atoms with E-state index in [9.17, 15) is 10.4 Å². The van der Waals surface area contributed by atoms with E-state index < -0.39 is 0 Å². The fourth-order valence-electron chi connectivity index (χ4n) is 7.01. The Morgan fingerprint density at radius 2 is 0.974 bits per heavy atom. The summed E-state index contributed by atoms with van der Waals surface area (Å²) in [4.78, 5) is 19.1. The zero-order chi connectivity index (χ0) is 29.4. The summed E-state index contributed by atoms with van der Waals surface area (Å²) in [5.41, 5.74) is -1.56. The molecule has 1 aromatic rings. The van der Waals surface area contributed by atoms with E-state index in [-0.39, 0.29) is 39.5 Å². The second-order valence-electron chi connectivity index (χ2n) is 14.3. The zero-order valence-electron chi connectivity index (χ0n) is 26.1. The molecule has 0 aromatic carbocycles. The van der Waals surface area contributed by atoms with E-state index in [1.54, 1.807) is 0 Å². The lowest BCUT2D eigenvalue weighted by atomic mass is 9.78. The van der Waals surface area contributed by atoms with E-state index in [4.69, 9.17) is 16.6 Å². The van der Waals surface area contributed by atoms with Gasteiger partial charge in [-0.15, -0.1) is 0 Å². The number of anilines is 2. The monoisotopic (exact) mass is 567 g/mol. The molecule has 0 bridgehead atoms. The van der Waals surface area contributed by atoms with Crippen LogP contribution in [0.2, 0.25) is 5.28 Å². The van der Waals surface area contributed by atoms with E-state index >= 15 is 0 Å². The number of piperidine rings is 2. The second kappa shape index (κ2) is 11.9. The minimum Gasteiger partial charge on any atom is -0.338 e. The van der Waals surface area contributed by atoms with Crippen molar-refractivity contribution < 1.29 is 10.4 Å². The molecule has 1 aromatic heterocycles. The molecule has 0 radical (unpaired) electrons. The topological polar surface area (TPSA) is 92.1 Å². The highest BCUT2D eigenvalue weighted by molar-refractivity contribution is 6.28. The average molecular weight is 568 g/mol. The normalized spacial score (nSPS) is 23.6. The lowest BCUT2D eigenvalue weighted by molar-refractivity contribution is -0.244. The summed E-state index contributed by atoms with van der Waals surface area (Å²) in [7, 11) is 0. The number of hydroxylamine groups is 4. The van der Waals surface area contributed by atoms with Crippen molar-refractivity contribution in [3.8, 4) is 0 Å². The van der Waals surface area contributed by atoms with E-state index in [0.29, 0.717) is 11.9 Å². The average Bonchev–Trinajstić information content (AvgIpc) is 2.80. The van der Waals surface area contributed by atoms with Crippen LogP contribution in [0, 0.1) is 0 Å². The molecule has 10 heteroatoms. The van der Waals surface area contributed by atoms with Crippen LogP contribution in [0.3, 0.4) is 0 Å². The fourth-order valence-corrected chi connectivity index (χ4v) is 7.16. The molecule has 2 aliphatic heterocycles. The lowest BCUT2D eigenvalue weighted by Gasteiger charge is -2.54. The Kier molecular flexibility index (Phi) is 9.86. The largest absolute Gasteiger partial charge is 0.338 e. The first-order valence-electron chi connectivity index (χ1n) is 14.9. The van der Waals surface area contributed by atoms with Gasteiger partial charge in [-0.25, -0.2) is 0 Å². The van der Waals surface area contributed by atoms with Gasteiger partial charge in [-0.3, -0.25) is 0 Å². The predicted molar refractivity (Wildman–Crippen MR) is 159 cm³/mol. The maximum atomic E-state index is 10.9. The van der Waals surface area contributed by atoms with Crippen LogP contribution in [0.5, 0.6) is 0 Å². The van der Waals surface area contributed by atoms with Crippen molar-refractivity contribution in [3.63, 3.8) is 0 Å². The molecule has 2 N–H and O–H groups in total. The van der Waals surface area contributed by atoms with Crippen LogP contribution in [0.1, 0.15) is 121 Å². The SMILES string of the molecule is CCCCN(c1nc(Cl)nc(N(CCCC)C2CC(C)(C)N(O)C(C)(C)C2)n1)C1CC(C)(C)N(O)C(C)(C)C1. The Morgan fingerprint density at radius 3 is 1.26 bits per heavy atom. The van der Waals surface area contributed by atoms with Crippen molar-refractivity contribution in [1.29, 1.82) is 0 Å². The third-order valence-corrected chi connectivity index (χ3v) is 8.89. The summed E-state index contributed by atoms with van der Waals surface area (Å²) < 4.78 is 0. The number of halogens is 1. The van der Waals surface area contributed by atoms with Gasteiger partial charge in [0.1, 0.15) is 0 Å². The fraction of sp³-hybridized carbons (Fsp3) is 0.897.